The topological polar surface area (TPSA) is 71.4 Å². The number of sulfone groups is 1. The SMILES string of the molecule is C[C@@H]1CN(C(=O)N[C@H](C)CCc2cccn2C)CCS(=O)(=O)C1. The monoisotopic (exact) mass is 341 g/mol. The first kappa shape index (κ1) is 17.8. The van der Waals surface area contributed by atoms with Crippen molar-refractivity contribution in [2.24, 2.45) is 13.0 Å². The van der Waals surface area contributed by atoms with Crippen LogP contribution < -0.4 is 5.32 Å². The highest BCUT2D eigenvalue weighted by Gasteiger charge is 2.27. The number of hydrogen-bond donors (Lipinski definition) is 1. The Kier molecular flexibility index (Phi) is 5.73. The molecule has 23 heavy (non-hydrogen) atoms. The molecule has 0 aliphatic carbocycles. The maximum absolute atomic E-state index is 12.4. The van der Waals surface area contributed by atoms with Crippen molar-refractivity contribution >= 4 is 15.9 Å². The zero-order valence-corrected chi connectivity index (χ0v) is 15.0. The predicted octanol–water partition coefficient (Wildman–Crippen LogP) is 1.42. The Hall–Kier alpha value is -1.50. The van der Waals surface area contributed by atoms with Gasteiger partial charge in [0.2, 0.25) is 0 Å². The minimum Gasteiger partial charge on any atom is -0.354 e. The van der Waals surface area contributed by atoms with Gasteiger partial charge in [-0.3, -0.25) is 0 Å². The number of nitrogens with one attached hydrogen (secondary N) is 1. The molecular formula is C16H27N3O3S. The summed E-state index contributed by atoms with van der Waals surface area (Å²) >= 11 is 0. The predicted molar refractivity (Wildman–Crippen MR) is 91.1 cm³/mol. The van der Waals surface area contributed by atoms with Crippen LogP contribution in [0.25, 0.3) is 0 Å². The van der Waals surface area contributed by atoms with Crippen molar-refractivity contribution in [3.8, 4) is 0 Å². The van der Waals surface area contributed by atoms with Crippen LogP contribution in [0.2, 0.25) is 0 Å². The fourth-order valence-electron chi connectivity index (χ4n) is 2.97. The van der Waals surface area contributed by atoms with Crippen LogP contribution in [0, 0.1) is 5.92 Å². The van der Waals surface area contributed by atoms with Gasteiger partial charge in [-0.2, -0.15) is 0 Å². The van der Waals surface area contributed by atoms with Gasteiger partial charge in [-0.25, -0.2) is 13.2 Å². The Bertz CT molecular complexity index is 639. The number of aryl methyl sites for hydroxylation is 2. The van der Waals surface area contributed by atoms with Crippen molar-refractivity contribution in [1.82, 2.24) is 14.8 Å². The van der Waals surface area contributed by atoms with Crippen molar-refractivity contribution in [3.05, 3.63) is 24.0 Å². The van der Waals surface area contributed by atoms with Crippen LogP contribution in [0.15, 0.2) is 18.3 Å². The van der Waals surface area contributed by atoms with Gasteiger partial charge >= 0.3 is 6.03 Å². The van der Waals surface area contributed by atoms with Gasteiger partial charge in [0.05, 0.1) is 11.5 Å². The molecule has 1 N–H and O–H groups in total. The second kappa shape index (κ2) is 7.38. The third-order valence-corrected chi connectivity index (χ3v) is 6.17. The molecule has 1 saturated heterocycles. The average molecular weight is 341 g/mol. The van der Waals surface area contributed by atoms with Gasteiger partial charge in [-0.1, -0.05) is 6.92 Å². The summed E-state index contributed by atoms with van der Waals surface area (Å²) < 4.78 is 25.6. The highest BCUT2D eigenvalue weighted by atomic mass is 32.2. The molecule has 6 nitrogen and oxygen atoms in total. The number of nitrogens with zero attached hydrogens (tertiary/aromatic N) is 2. The van der Waals surface area contributed by atoms with Gasteiger partial charge < -0.3 is 14.8 Å². The van der Waals surface area contributed by atoms with Gasteiger partial charge in [-0.15, -0.1) is 0 Å². The molecule has 0 unspecified atom stereocenters. The average Bonchev–Trinajstić information content (AvgIpc) is 2.79. The van der Waals surface area contributed by atoms with E-state index in [0.29, 0.717) is 6.54 Å². The third kappa shape index (κ3) is 5.27. The van der Waals surface area contributed by atoms with E-state index in [1.165, 1.54) is 5.69 Å². The van der Waals surface area contributed by atoms with E-state index < -0.39 is 9.84 Å². The highest BCUT2D eigenvalue weighted by Crippen LogP contribution is 2.12. The summed E-state index contributed by atoms with van der Waals surface area (Å²) in [6.45, 7) is 4.64. The zero-order valence-electron chi connectivity index (χ0n) is 14.2. The Balaban J connectivity index is 1.84. The lowest BCUT2D eigenvalue weighted by molar-refractivity contribution is 0.192. The van der Waals surface area contributed by atoms with Crippen molar-refractivity contribution < 1.29 is 13.2 Å². The summed E-state index contributed by atoms with van der Waals surface area (Å²) in [5.74, 6) is 0.203. The fourth-order valence-corrected chi connectivity index (χ4v) is 4.60. The lowest BCUT2D eigenvalue weighted by Gasteiger charge is -2.25. The number of carbonyl (C=O) groups is 1. The molecular weight excluding hydrogens is 314 g/mol. The van der Waals surface area contributed by atoms with E-state index in [9.17, 15) is 13.2 Å². The number of carbonyl (C=O) groups excluding carboxylic acids is 1. The molecule has 2 atom stereocenters. The van der Waals surface area contributed by atoms with Crippen molar-refractivity contribution in [2.45, 2.75) is 32.7 Å². The van der Waals surface area contributed by atoms with Crippen molar-refractivity contribution in [1.29, 1.82) is 0 Å². The molecule has 2 amide bonds. The van der Waals surface area contributed by atoms with Gasteiger partial charge in [0.1, 0.15) is 0 Å². The minimum absolute atomic E-state index is 0.0214. The van der Waals surface area contributed by atoms with Crippen LogP contribution in [0.4, 0.5) is 4.79 Å². The largest absolute Gasteiger partial charge is 0.354 e. The molecule has 0 radical (unpaired) electrons. The van der Waals surface area contributed by atoms with Gasteiger partial charge in [0, 0.05) is 38.1 Å². The molecule has 7 heteroatoms. The molecule has 1 aliphatic rings. The first-order valence-electron chi connectivity index (χ1n) is 8.13. The molecule has 1 aromatic heterocycles. The smallest absolute Gasteiger partial charge is 0.317 e. The first-order chi connectivity index (χ1) is 10.8. The summed E-state index contributed by atoms with van der Waals surface area (Å²) in [7, 11) is -1.02. The number of rotatable bonds is 4. The second-order valence-electron chi connectivity index (χ2n) is 6.67. The Labute approximate surface area is 138 Å². The van der Waals surface area contributed by atoms with Crippen LogP contribution in [-0.4, -0.2) is 54.6 Å². The molecule has 0 bridgehead atoms. The molecule has 2 heterocycles. The van der Waals surface area contributed by atoms with Gasteiger partial charge in [-0.05, 0) is 37.8 Å². The quantitative estimate of drug-likeness (QED) is 0.900. The number of aromatic nitrogens is 1. The van der Waals surface area contributed by atoms with Crippen LogP contribution in [0.3, 0.4) is 0 Å². The molecule has 0 spiro atoms. The van der Waals surface area contributed by atoms with E-state index in [1.807, 2.05) is 33.2 Å². The van der Waals surface area contributed by atoms with Crippen LogP contribution in [-0.2, 0) is 23.3 Å². The zero-order chi connectivity index (χ0) is 17.0. The van der Waals surface area contributed by atoms with E-state index in [0.717, 1.165) is 12.8 Å². The number of amides is 2. The second-order valence-corrected chi connectivity index (χ2v) is 8.89. The van der Waals surface area contributed by atoms with E-state index >= 15 is 0 Å². The Morgan fingerprint density at radius 2 is 2.22 bits per heavy atom. The molecule has 0 saturated carbocycles. The fraction of sp³-hybridized carbons (Fsp3) is 0.688. The first-order valence-corrected chi connectivity index (χ1v) is 9.95. The molecule has 1 aliphatic heterocycles. The summed E-state index contributed by atoms with van der Waals surface area (Å²) in [6.07, 6.45) is 3.76. The van der Waals surface area contributed by atoms with Gasteiger partial charge in [0.15, 0.2) is 9.84 Å². The van der Waals surface area contributed by atoms with Crippen molar-refractivity contribution in [2.75, 3.05) is 24.6 Å². The summed E-state index contributed by atoms with van der Waals surface area (Å²) in [5.41, 5.74) is 1.24. The van der Waals surface area contributed by atoms with Crippen LogP contribution in [0.5, 0.6) is 0 Å². The number of urea groups is 1. The Morgan fingerprint density at radius 1 is 1.48 bits per heavy atom. The van der Waals surface area contributed by atoms with Crippen LogP contribution >= 0.6 is 0 Å². The molecule has 1 fully saturated rings. The van der Waals surface area contributed by atoms with E-state index in [2.05, 4.69) is 16.0 Å². The van der Waals surface area contributed by atoms with Gasteiger partial charge in [0.25, 0.3) is 0 Å². The lowest BCUT2D eigenvalue weighted by atomic mass is 10.1. The van der Waals surface area contributed by atoms with E-state index in [1.54, 1.807) is 4.90 Å². The number of hydrogen-bond acceptors (Lipinski definition) is 3. The lowest BCUT2D eigenvalue weighted by Crippen LogP contribution is -2.46. The minimum atomic E-state index is -3.03. The molecule has 0 aromatic carbocycles. The highest BCUT2D eigenvalue weighted by molar-refractivity contribution is 7.91. The summed E-state index contributed by atoms with van der Waals surface area (Å²) in [4.78, 5) is 14.0. The van der Waals surface area contributed by atoms with Crippen molar-refractivity contribution in [3.63, 3.8) is 0 Å². The normalized spacial score (nSPS) is 22.4. The molecule has 2 rings (SSSR count). The Morgan fingerprint density at radius 3 is 2.87 bits per heavy atom. The summed E-state index contributed by atoms with van der Waals surface area (Å²) in [6, 6.07) is 3.98. The maximum atomic E-state index is 12.4. The van der Waals surface area contributed by atoms with E-state index in [4.69, 9.17) is 0 Å². The third-order valence-electron chi connectivity index (χ3n) is 4.28. The van der Waals surface area contributed by atoms with Crippen LogP contribution in [0.1, 0.15) is 26.0 Å². The van der Waals surface area contributed by atoms with E-state index in [-0.39, 0.29) is 36.0 Å². The standard InChI is InChI=1S/C16H27N3O3S/c1-13-11-19(9-10-23(21,22)12-13)16(20)17-14(2)6-7-15-5-4-8-18(15)3/h4-5,8,13-14H,6-7,9-12H2,1-3H3,(H,17,20)/t13-,14-/m1/s1. The molecule has 130 valence electrons. The maximum Gasteiger partial charge on any atom is 0.317 e. The summed E-state index contributed by atoms with van der Waals surface area (Å²) in [5, 5.41) is 2.99. The molecule has 1 aromatic rings.